The summed E-state index contributed by atoms with van der Waals surface area (Å²) in [6.45, 7) is 18.5. The van der Waals surface area contributed by atoms with E-state index in [1.807, 2.05) is 41.5 Å². The fourth-order valence-electron chi connectivity index (χ4n) is 0.571. The topological polar surface area (TPSA) is 40.1 Å². The van der Waals surface area contributed by atoms with E-state index in [1.54, 1.807) is 32.1 Å². The van der Waals surface area contributed by atoms with Crippen molar-refractivity contribution in [2.75, 3.05) is 0 Å². The molecule has 114 valence electrons. The molecule has 2 heteroatoms. The monoisotopic (exact) mass is 269 g/mol. The van der Waals surface area contributed by atoms with Gasteiger partial charge < -0.3 is 5.11 Å². The average Bonchev–Trinajstić information content (AvgIpc) is 2.44. The van der Waals surface area contributed by atoms with Gasteiger partial charge in [-0.15, -0.1) is 5.76 Å². The molecule has 0 aliphatic rings. The average molecular weight is 269 g/mol. The summed E-state index contributed by atoms with van der Waals surface area (Å²) in [7, 11) is 0. The summed E-state index contributed by atoms with van der Waals surface area (Å²) in [5.41, 5.74) is 1.38. The predicted molar refractivity (Wildman–Crippen MR) is 86.0 cm³/mol. The Morgan fingerprint density at radius 1 is 0.842 bits per heavy atom. The first-order valence-electron chi connectivity index (χ1n) is 7.15. The molecule has 0 fully saturated rings. The van der Waals surface area contributed by atoms with Gasteiger partial charge in [0.05, 0.1) is 0 Å². The number of hydrogen-bond acceptors (Lipinski definition) is 2. The second-order valence-corrected chi connectivity index (χ2v) is 3.00. The summed E-state index contributed by atoms with van der Waals surface area (Å²) in [4.78, 5) is 10.8. The van der Waals surface area contributed by atoms with Crippen LogP contribution in [0.4, 0.5) is 0 Å². The summed E-state index contributed by atoms with van der Waals surface area (Å²) in [6.07, 6.45) is 5.12. The normalized spacial score (nSPS) is 10.9. The molecule has 0 aromatic rings. The van der Waals surface area contributed by atoms with E-state index < -0.39 is 0 Å². The molecule has 0 atom stereocenters. The molecule has 0 aliphatic carbocycles. The lowest BCUT2D eigenvalue weighted by Gasteiger charge is -2.05. The number of ketones is 1. The summed E-state index contributed by atoms with van der Waals surface area (Å²) >= 11 is 0. The maximum atomic E-state index is 10.8. The molecule has 19 heavy (non-hydrogen) atoms. The highest BCUT2D eigenvalue weighted by molar-refractivity contribution is 5.92. The molecule has 0 radical (unpaired) electrons. The highest BCUT2D eigenvalue weighted by atomic mass is 16.3. The maximum Gasteiger partial charge on any atom is 0.155 e. The third kappa shape index (κ3) is 22.4. The van der Waals surface area contributed by atoms with Crippen LogP contribution in [0.5, 0.6) is 0 Å². The van der Waals surface area contributed by atoms with Crippen molar-refractivity contribution < 1.29 is 9.90 Å². The number of hydrogen-bond donors (Lipinski definition) is 0. The minimum atomic E-state index is 0.0464. The quantitative estimate of drug-likeness (QED) is 0.419. The summed E-state index contributed by atoms with van der Waals surface area (Å²) < 4.78 is 0. The van der Waals surface area contributed by atoms with Crippen molar-refractivity contribution in [2.45, 2.75) is 69.2 Å². The van der Waals surface area contributed by atoms with Crippen LogP contribution in [0, 0.1) is 0 Å². The van der Waals surface area contributed by atoms with Gasteiger partial charge in [-0.05, 0) is 26.3 Å². The van der Waals surface area contributed by atoms with Gasteiger partial charge in [-0.2, -0.15) is 0 Å². The first-order chi connectivity index (χ1) is 8.95. The Balaban J connectivity index is -0.000000163. The van der Waals surface area contributed by atoms with Gasteiger partial charge in [0, 0.05) is 0 Å². The Morgan fingerprint density at radius 3 is 1.47 bits per heavy atom. The fourth-order valence-corrected chi connectivity index (χ4v) is 0.571. The van der Waals surface area contributed by atoms with Crippen LogP contribution in [0.1, 0.15) is 69.2 Å². The molecule has 0 saturated carbocycles. The van der Waals surface area contributed by atoms with E-state index in [4.69, 9.17) is 0 Å². The van der Waals surface area contributed by atoms with E-state index in [0.717, 1.165) is 0 Å². The summed E-state index contributed by atoms with van der Waals surface area (Å²) in [6, 6.07) is 0. The SMILES string of the molecule is CC.CC.CC.CC(=O)C(C)=CC=C/C(C)=C(/C)[O-]. The second-order valence-electron chi connectivity index (χ2n) is 3.00. The van der Waals surface area contributed by atoms with E-state index in [9.17, 15) is 9.90 Å². The Kier molecular flexibility index (Phi) is 30.3. The van der Waals surface area contributed by atoms with Gasteiger partial charge in [0.1, 0.15) is 0 Å². The Hall–Kier alpha value is -1.31. The molecular formula is C17H33O2-. The lowest BCUT2D eigenvalue weighted by Crippen LogP contribution is -1.99. The van der Waals surface area contributed by atoms with Crippen molar-refractivity contribution in [3.8, 4) is 0 Å². The van der Waals surface area contributed by atoms with Crippen molar-refractivity contribution in [1.82, 2.24) is 0 Å². The molecule has 0 unspecified atom stereocenters. The molecule has 0 amide bonds. The van der Waals surface area contributed by atoms with Gasteiger partial charge in [0.15, 0.2) is 5.78 Å². The predicted octanol–water partition coefficient (Wildman–Crippen LogP) is 4.81. The van der Waals surface area contributed by atoms with Crippen LogP contribution in [0.3, 0.4) is 0 Å². The van der Waals surface area contributed by atoms with Crippen LogP contribution in [0.2, 0.25) is 0 Å². The van der Waals surface area contributed by atoms with E-state index in [2.05, 4.69) is 0 Å². The third-order valence-corrected chi connectivity index (χ3v) is 1.80. The Morgan fingerprint density at radius 2 is 1.21 bits per heavy atom. The molecule has 0 aromatic heterocycles. The van der Waals surface area contributed by atoms with E-state index in [0.29, 0.717) is 11.1 Å². The first kappa shape index (κ1) is 26.3. The number of rotatable bonds is 3. The van der Waals surface area contributed by atoms with Crippen molar-refractivity contribution in [2.24, 2.45) is 0 Å². The van der Waals surface area contributed by atoms with E-state index in [-0.39, 0.29) is 11.5 Å². The van der Waals surface area contributed by atoms with Crippen LogP contribution >= 0.6 is 0 Å². The van der Waals surface area contributed by atoms with Crippen LogP contribution in [0.25, 0.3) is 0 Å². The van der Waals surface area contributed by atoms with Crippen LogP contribution in [-0.4, -0.2) is 5.78 Å². The van der Waals surface area contributed by atoms with Crippen molar-refractivity contribution >= 4 is 5.78 Å². The van der Waals surface area contributed by atoms with Gasteiger partial charge in [0.25, 0.3) is 0 Å². The fraction of sp³-hybridized carbons (Fsp3) is 0.588. The maximum absolute atomic E-state index is 10.8. The molecule has 0 bridgehead atoms. The molecule has 0 rings (SSSR count). The molecule has 0 saturated heterocycles. The Labute approximate surface area is 120 Å². The van der Waals surface area contributed by atoms with Gasteiger partial charge >= 0.3 is 0 Å². The molecular weight excluding hydrogens is 236 g/mol. The van der Waals surface area contributed by atoms with E-state index >= 15 is 0 Å². The van der Waals surface area contributed by atoms with Gasteiger partial charge in [-0.1, -0.05) is 72.3 Å². The zero-order valence-electron chi connectivity index (χ0n) is 14.5. The second kappa shape index (κ2) is 21.9. The van der Waals surface area contributed by atoms with Crippen LogP contribution in [0.15, 0.2) is 35.1 Å². The minimum Gasteiger partial charge on any atom is -0.875 e. The van der Waals surface area contributed by atoms with Crippen molar-refractivity contribution in [3.63, 3.8) is 0 Å². The van der Waals surface area contributed by atoms with Crippen molar-refractivity contribution in [3.05, 3.63) is 35.1 Å². The standard InChI is InChI=1S/C11H16O2.3C2H6/c1-8(10(3)12)6-5-7-9(2)11(4)13;3*1-2/h5-7,12H,1-4H3;3*1-2H3/p-1/b6-5?,9-7?,10-8-;;;. The minimum absolute atomic E-state index is 0.0464. The largest absolute Gasteiger partial charge is 0.875 e. The van der Waals surface area contributed by atoms with Crippen LogP contribution in [-0.2, 0) is 4.79 Å². The highest BCUT2D eigenvalue weighted by Gasteiger charge is 1.91. The lowest BCUT2D eigenvalue weighted by molar-refractivity contribution is -0.303. The molecule has 0 aliphatic heterocycles. The zero-order valence-corrected chi connectivity index (χ0v) is 14.5. The van der Waals surface area contributed by atoms with Crippen molar-refractivity contribution in [1.29, 1.82) is 0 Å². The first-order valence-corrected chi connectivity index (χ1v) is 7.15. The number of carbonyl (C=O) groups excluding carboxylic acids is 1. The van der Waals surface area contributed by atoms with Gasteiger partial charge in [-0.25, -0.2) is 0 Å². The Bertz CT molecular complexity index is 278. The number of allylic oxidation sites excluding steroid dienone is 6. The van der Waals surface area contributed by atoms with Gasteiger partial charge in [-0.3, -0.25) is 4.79 Å². The van der Waals surface area contributed by atoms with Crippen LogP contribution < -0.4 is 5.11 Å². The van der Waals surface area contributed by atoms with Gasteiger partial charge in [0.2, 0.25) is 0 Å². The summed E-state index contributed by atoms with van der Waals surface area (Å²) in [5.74, 6) is 0.0928. The number of carbonyl (C=O) groups is 1. The third-order valence-electron chi connectivity index (χ3n) is 1.80. The molecule has 2 nitrogen and oxygen atoms in total. The zero-order chi connectivity index (χ0) is 16.4. The lowest BCUT2D eigenvalue weighted by atomic mass is 10.2. The molecule has 0 N–H and O–H groups in total. The highest BCUT2D eigenvalue weighted by Crippen LogP contribution is 2.00. The molecule has 0 heterocycles. The summed E-state index contributed by atoms with van der Waals surface area (Å²) in [5, 5.41) is 10.8. The molecule has 0 spiro atoms. The smallest absolute Gasteiger partial charge is 0.155 e. The molecule has 0 aromatic carbocycles. The van der Waals surface area contributed by atoms with E-state index in [1.165, 1.54) is 13.8 Å². The number of Topliss-reactive ketones (excluding diaryl/α,β-unsaturated/α-hetero) is 1.